The van der Waals surface area contributed by atoms with Crippen molar-refractivity contribution in [3.63, 3.8) is 0 Å². The van der Waals surface area contributed by atoms with E-state index in [2.05, 4.69) is 19.2 Å². The second kappa shape index (κ2) is 7.30. The standard InChI is InChI=1S/C10H23NO2/c1-5-10(2,9-11-3)13-8-6-7-12-4/h11H,5-9H2,1-4H3. The Morgan fingerprint density at radius 2 is 2.00 bits per heavy atom. The van der Waals surface area contributed by atoms with Gasteiger partial charge in [-0.05, 0) is 26.8 Å². The Labute approximate surface area is 81.8 Å². The van der Waals surface area contributed by atoms with E-state index < -0.39 is 0 Å². The molecule has 0 aliphatic rings. The Morgan fingerprint density at radius 3 is 2.46 bits per heavy atom. The molecule has 80 valence electrons. The SMILES string of the molecule is CCC(C)(CNC)OCCCOC. The molecule has 0 aliphatic carbocycles. The summed E-state index contributed by atoms with van der Waals surface area (Å²) in [7, 11) is 3.67. The van der Waals surface area contributed by atoms with Gasteiger partial charge in [-0.25, -0.2) is 0 Å². The van der Waals surface area contributed by atoms with Gasteiger partial charge in [0.05, 0.1) is 5.60 Å². The van der Waals surface area contributed by atoms with Crippen LogP contribution in [0, 0.1) is 0 Å². The lowest BCUT2D eigenvalue weighted by Crippen LogP contribution is -2.38. The topological polar surface area (TPSA) is 30.5 Å². The third kappa shape index (κ3) is 6.02. The van der Waals surface area contributed by atoms with Gasteiger partial charge >= 0.3 is 0 Å². The maximum atomic E-state index is 5.78. The summed E-state index contributed by atoms with van der Waals surface area (Å²) in [4.78, 5) is 0. The lowest BCUT2D eigenvalue weighted by Gasteiger charge is -2.28. The molecule has 1 atom stereocenters. The summed E-state index contributed by atoms with van der Waals surface area (Å²) in [5.41, 5.74) is -0.0253. The molecule has 0 aromatic carbocycles. The fourth-order valence-corrected chi connectivity index (χ4v) is 1.17. The van der Waals surface area contributed by atoms with E-state index in [0.717, 1.165) is 32.6 Å². The molecule has 0 saturated carbocycles. The van der Waals surface area contributed by atoms with Gasteiger partial charge in [0.1, 0.15) is 0 Å². The smallest absolute Gasteiger partial charge is 0.0775 e. The van der Waals surface area contributed by atoms with Crippen LogP contribution in [0.3, 0.4) is 0 Å². The van der Waals surface area contributed by atoms with Crippen molar-refractivity contribution >= 4 is 0 Å². The molecule has 1 unspecified atom stereocenters. The second-order valence-electron chi connectivity index (χ2n) is 3.53. The molecule has 0 bridgehead atoms. The zero-order chi connectivity index (χ0) is 10.2. The molecule has 0 radical (unpaired) electrons. The molecule has 0 spiro atoms. The summed E-state index contributed by atoms with van der Waals surface area (Å²) in [5, 5.41) is 3.14. The first kappa shape index (κ1) is 12.9. The van der Waals surface area contributed by atoms with E-state index >= 15 is 0 Å². The fraction of sp³-hybridized carbons (Fsp3) is 1.00. The van der Waals surface area contributed by atoms with Crippen molar-refractivity contribution in [3.05, 3.63) is 0 Å². The van der Waals surface area contributed by atoms with E-state index in [0.29, 0.717) is 0 Å². The molecule has 1 N–H and O–H groups in total. The van der Waals surface area contributed by atoms with Crippen LogP contribution >= 0.6 is 0 Å². The number of ether oxygens (including phenoxy) is 2. The molecule has 13 heavy (non-hydrogen) atoms. The third-order valence-electron chi connectivity index (χ3n) is 2.24. The molecule has 0 aromatic heterocycles. The van der Waals surface area contributed by atoms with Crippen molar-refractivity contribution in [2.24, 2.45) is 0 Å². The molecule has 3 heteroatoms. The highest BCUT2D eigenvalue weighted by Gasteiger charge is 2.20. The molecular weight excluding hydrogens is 166 g/mol. The number of methoxy groups -OCH3 is 1. The van der Waals surface area contributed by atoms with E-state index in [9.17, 15) is 0 Å². The minimum Gasteiger partial charge on any atom is -0.385 e. The van der Waals surface area contributed by atoms with Gasteiger partial charge in [-0.2, -0.15) is 0 Å². The number of nitrogens with one attached hydrogen (secondary N) is 1. The van der Waals surface area contributed by atoms with Crippen molar-refractivity contribution in [3.8, 4) is 0 Å². The summed E-state index contributed by atoms with van der Waals surface area (Å²) in [6.07, 6.45) is 2.00. The molecule has 0 heterocycles. The summed E-state index contributed by atoms with van der Waals surface area (Å²) >= 11 is 0. The first-order valence-electron chi connectivity index (χ1n) is 4.96. The molecule has 0 fully saturated rings. The quantitative estimate of drug-likeness (QED) is 0.586. The van der Waals surface area contributed by atoms with Gasteiger partial charge < -0.3 is 14.8 Å². The van der Waals surface area contributed by atoms with Crippen LogP contribution in [0.2, 0.25) is 0 Å². The average molecular weight is 189 g/mol. The maximum Gasteiger partial charge on any atom is 0.0775 e. The first-order valence-corrected chi connectivity index (χ1v) is 4.96. The Balaban J connectivity index is 3.57. The van der Waals surface area contributed by atoms with Gasteiger partial charge in [0.25, 0.3) is 0 Å². The van der Waals surface area contributed by atoms with Crippen LogP contribution in [0.25, 0.3) is 0 Å². The molecule has 0 amide bonds. The van der Waals surface area contributed by atoms with Crippen LogP contribution in [-0.4, -0.2) is 39.5 Å². The monoisotopic (exact) mass is 189 g/mol. The van der Waals surface area contributed by atoms with Gasteiger partial charge in [-0.3, -0.25) is 0 Å². The summed E-state index contributed by atoms with van der Waals surface area (Å²) in [6, 6.07) is 0. The number of hydrogen-bond acceptors (Lipinski definition) is 3. The number of likely N-dealkylation sites (N-methyl/N-ethyl adjacent to an activating group) is 1. The Morgan fingerprint density at radius 1 is 1.31 bits per heavy atom. The minimum atomic E-state index is -0.0253. The Bertz CT molecular complexity index is 119. The van der Waals surface area contributed by atoms with Gasteiger partial charge in [0.15, 0.2) is 0 Å². The van der Waals surface area contributed by atoms with Crippen molar-refractivity contribution in [1.82, 2.24) is 5.32 Å². The zero-order valence-electron chi connectivity index (χ0n) is 9.35. The predicted molar refractivity (Wildman–Crippen MR) is 55.1 cm³/mol. The van der Waals surface area contributed by atoms with Crippen LogP contribution in [0.4, 0.5) is 0 Å². The highest BCUT2D eigenvalue weighted by Crippen LogP contribution is 2.13. The lowest BCUT2D eigenvalue weighted by molar-refractivity contribution is -0.0381. The Hall–Kier alpha value is -0.120. The van der Waals surface area contributed by atoms with Gasteiger partial charge in [0.2, 0.25) is 0 Å². The van der Waals surface area contributed by atoms with Gasteiger partial charge in [0, 0.05) is 26.9 Å². The maximum absolute atomic E-state index is 5.78. The fourth-order valence-electron chi connectivity index (χ4n) is 1.17. The highest BCUT2D eigenvalue weighted by molar-refractivity contribution is 4.75. The Kier molecular flexibility index (Phi) is 7.23. The zero-order valence-corrected chi connectivity index (χ0v) is 9.35. The molecule has 0 rings (SSSR count). The molecule has 0 aliphatic heterocycles. The molecular formula is C10H23NO2. The second-order valence-corrected chi connectivity index (χ2v) is 3.53. The summed E-state index contributed by atoms with van der Waals surface area (Å²) < 4.78 is 10.7. The van der Waals surface area contributed by atoms with Crippen molar-refractivity contribution in [2.45, 2.75) is 32.3 Å². The van der Waals surface area contributed by atoms with E-state index in [1.54, 1.807) is 7.11 Å². The average Bonchev–Trinajstić information content (AvgIpc) is 2.13. The molecule has 3 nitrogen and oxygen atoms in total. The van der Waals surface area contributed by atoms with Crippen LogP contribution in [0.15, 0.2) is 0 Å². The minimum absolute atomic E-state index is 0.0253. The normalized spacial score (nSPS) is 15.7. The third-order valence-corrected chi connectivity index (χ3v) is 2.24. The summed E-state index contributed by atoms with van der Waals surface area (Å²) in [6.45, 7) is 6.74. The van der Waals surface area contributed by atoms with Crippen molar-refractivity contribution < 1.29 is 9.47 Å². The van der Waals surface area contributed by atoms with Crippen LogP contribution in [0.5, 0.6) is 0 Å². The van der Waals surface area contributed by atoms with Crippen LogP contribution < -0.4 is 5.32 Å². The molecule has 0 aromatic rings. The van der Waals surface area contributed by atoms with E-state index in [4.69, 9.17) is 9.47 Å². The highest BCUT2D eigenvalue weighted by atomic mass is 16.5. The predicted octanol–water partition coefficient (Wildman–Crippen LogP) is 1.43. The largest absolute Gasteiger partial charge is 0.385 e. The van der Waals surface area contributed by atoms with Crippen LogP contribution in [0.1, 0.15) is 26.7 Å². The lowest BCUT2D eigenvalue weighted by atomic mass is 10.0. The molecule has 0 saturated heterocycles. The van der Waals surface area contributed by atoms with E-state index in [1.807, 2.05) is 7.05 Å². The summed E-state index contributed by atoms with van der Waals surface area (Å²) in [5.74, 6) is 0. The first-order chi connectivity index (χ1) is 6.18. The van der Waals surface area contributed by atoms with Crippen LogP contribution in [-0.2, 0) is 9.47 Å². The van der Waals surface area contributed by atoms with E-state index in [-0.39, 0.29) is 5.60 Å². The van der Waals surface area contributed by atoms with Gasteiger partial charge in [-0.1, -0.05) is 6.92 Å². The van der Waals surface area contributed by atoms with Crippen molar-refractivity contribution in [1.29, 1.82) is 0 Å². The number of hydrogen-bond donors (Lipinski definition) is 1. The van der Waals surface area contributed by atoms with E-state index in [1.165, 1.54) is 0 Å². The van der Waals surface area contributed by atoms with Crippen molar-refractivity contribution in [2.75, 3.05) is 33.9 Å². The van der Waals surface area contributed by atoms with Gasteiger partial charge in [-0.15, -0.1) is 0 Å². The number of rotatable bonds is 8.